The van der Waals surface area contributed by atoms with Crippen LogP contribution in [-0.4, -0.2) is 138 Å². The summed E-state index contributed by atoms with van der Waals surface area (Å²) in [6.07, 6.45) is 5.91. The second-order valence-corrected chi connectivity index (χ2v) is 27.1. The summed E-state index contributed by atoms with van der Waals surface area (Å²) in [5.41, 5.74) is 5.14. The summed E-state index contributed by atoms with van der Waals surface area (Å²) < 4.78 is 0. The lowest BCUT2D eigenvalue weighted by Gasteiger charge is -2.36. The molecule has 2 aliphatic heterocycles. The zero-order chi connectivity index (χ0) is 65.2. The number of aryl methyl sites for hydroxylation is 2. The maximum Gasteiger partial charge on any atom is 0.251 e. The maximum atomic E-state index is 14.6. The van der Waals surface area contributed by atoms with Gasteiger partial charge in [0.25, 0.3) is 11.8 Å². The fourth-order valence-electron chi connectivity index (χ4n) is 12.7. The molecule has 2 heterocycles. The highest BCUT2D eigenvalue weighted by atomic mass is 16.2. The molecule has 2 fully saturated rings. The van der Waals surface area contributed by atoms with E-state index in [0.29, 0.717) is 6.42 Å². The van der Waals surface area contributed by atoms with Crippen LogP contribution in [0, 0.1) is 22.7 Å². The monoisotopic (exact) mass is 1230 g/mol. The Kier molecular flexibility index (Phi) is 22.2. The molecule has 0 unspecified atom stereocenters. The molecule has 9 amide bonds. The molecule has 0 saturated carbocycles. The molecule has 20 heteroatoms. The van der Waals surface area contributed by atoms with E-state index in [1.165, 1.54) is 20.9 Å². The first kappa shape index (κ1) is 67.7. The summed E-state index contributed by atoms with van der Waals surface area (Å²) >= 11 is 0. The van der Waals surface area contributed by atoms with Crippen LogP contribution in [0.25, 0.3) is 11.1 Å². The number of likely N-dealkylation sites (N-methyl/N-ethyl adjacent to an activating group) is 1. The van der Waals surface area contributed by atoms with Crippen LogP contribution < -0.4 is 42.5 Å². The molecule has 0 aromatic heterocycles. The zero-order valence-corrected chi connectivity index (χ0v) is 53.9. The third-order valence-corrected chi connectivity index (χ3v) is 18.4. The number of benzene rings is 4. The van der Waals surface area contributed by atoms with Crippen LogP contribution in [0.3, 0.4) is 0 Å². The minimum Gasteiger partial charge on any atom is -0.350 e. The smallest absolute Gasteiger partial charge is 0.251 e. The van der Waals surface area contributed by atoms with Crippen molar-refractivity contribution in [2.75, 3.05) is 33.2 Å². The Balaban J connectivity index is 0.841. The van der Waals surface area contributed by atoms with Gasteiger partial charge in [-0.1, -0.05) is 128 Å². The van der Waals surface area contributed by atoms with Crippen molar-refractivity contribution in [3.8, 4) is 11.1 Å². The third kappa shape index (κ3) is 16.8. The normalized spacial score (nSPS) is 21.0. The number of nitrogens with zero attached hydrogens (tertiary/aromatic N) is 2. The van der Waals surface area contributed by atoms with Gasteiger partial charge in [-0.2, -0.15) is 0 Å². The van der Waals surface area contributed by atoms with E-state index in [0.717, 1.165) is 60.8 Å². The van der Waals surface area contributed by atoms with Crippen LogP contribution in [0.1, 0.15) is 169 Å². The Morgan fingerprint density at radius 1 is 0.556 bits per heavy atom. The van der Waals surface area contributed by atoms with Gasteiger partial charge in [-0.3, -0.25) is 47.9 Å². The molecular formula is C70H92N10O10. The Labute approximate surface area is 529 Å². The van der Waals surface area contributed by atoms with Gasteiger partial charge in [0.1, 0.15) is 23.9 Å². The molecule has 2 saturated heterocycles. The number of carbonyl (C=O) groups excluding carboxylic acids is 10. The topological polar surface area (TPSA) is 273 Å². The standard InChI is InChI=1S/C70H92N10O10/c1-11-41(2)62(84)78-61(70(7,8)9)68(90)80-40-50(35-57(80)66(88)77-55-25-17-21-46-19-13-15-23-52(46)55)75-60(83)38-73-64(86)48-32-28-44(29-33-48)43-26-30-47(31-27-43)63(85)72-37-59(82)74-49-34-56(65(87)76-54-24-16-20-45-18-12-14-22-51(45)54)79(39-49)67(89)53(69(4,5)6)36-58(81)42(3)71-10/h12-15,18-19,22-23,26-33,41-42,49-50,53-57,61,71H,11,16-17,20-21,24-25,34-40H2,1-10H3,(H,72,85)(H,73,86)(H,74,82)(H,75,83)(H,76,87)(H,77,88)(H,78,84)/t41-,42+,49+,50+,53-,54-,55-,56+,57+,61-/m1/s1. The molecule has 482 valence electrons. The van der Waals surface area contributed by atoms with Crippen LogP contribution in [0.15, 0.2) is 97.1 Å². The summed E-state index contributed by atoms with van der Waals surface area (Å²) in [6.45, 7) is 16.0. The Hall–Kier alpha value is -8.26. The molecule has 4 aromatic rings. The molecule has 4 aromatic carbocycles. The van der Waals surface area contributed by atoms with Crippen LogP contribution in [0.2, 0.25) is 0 Å². The quantitative estimate of drug-likeness (QED) is 0.0440. The lowest BCUT2D eigenvalue weighted by molar-refractivity contribution is -0.146. The van der Waals surface area contributed by atoms with Gasteiger partial charge >= 0.3 is 0 Å². The van der Waals surface area contributed by atoms with Crippen molar-refractivity contribution < 1.29 is 47.9 Å². The summed E-state index contributed by atoms with van der Waals surface area (Å²) in [5, 5.41) is 23.6. The minimum atomic E-state index is -0.947. The summed E-state index contributed by atoms with van der Waals surface area (Å²) in [7, 11) is 1.69. The number of carbonyl (C=O) groups is 10. The highest BCUT2D eigenvalue weighted by molar-refractivity contribution is 5.99. The number of likely N-dealkylation sites (tertiary alicyclic amines) is 2. The molecule has 4 aliphatic rings. The molecule has 2 aliphatic carbocycles. The number of hydrogen-bond acceptors (Lipinski definition) is 11. The Morgan fingerprint density at radius 2 is 0.989 bits per heavy atom. The Bertz CT molecular complexity index is 3080. The zero-order valence-electron chi connectivity index (χ0n) is 53.9. The van der Waals surface area contributed by atoms with E-state index in [4.69, 9.17) is 0 Å². The van der Waals surface area contributed by atoms with Gasteiger partial charge in [-0.25, -0.2) is 0 Å². The minimum absolute atomic E-state index is 0.0161. The molecule has 0 spiro atoms. The first-order valence-corrected chi connectivity index (χ1v) is 32.0. The second-order valence-electron chi connectivity index (χ2n) is 27.1. The van der Waals surface area contributed by atoms with Crippen molar-refractivity contribution in [2.45, 2.75) is 175 Å². The second kappa shape index (κ2) is 29.6. The highest BCUT2D eigenvalue weighted by Gasteiger charge is 2.48. The lowest BCUT2D eigenvalue weighted by Crippen LogP contribution is -2.58. The number of rotatable bonds is 22. The number of fused-ring (bicyclic) bond motifs is 2. The molecule has 10 atom stereocenters. The average Bonchev–Trinajstić information content (AvgIpc) is 1.64. The van der Waals surface area contributed by atoms with E-state index in [9.17, 15) is 47.9 Å². The van der Waals surface area contributed by atoms with Crippen molar-refractivity contribution in [2.24, 2.45) is 22.7 Å². The van der Waals surface area contributed by atoms with E-state index in [-0.39, 0.29) is 104 Å². The van der Waals surface area contributed by atoms with Crippen LogP contribution >= 0.6 is 0 Å². The van der Waals surface area contributed by atoms with Crippen LogP contribution in [0.4, 0.5) is 0 Å². The van der Waals surface area contributed by atoms with Crippen molar-refractivity contribution in [1.82, 2.24) is 52.3 Å². The van der Waals surface area contributed by atoms with E-state index in [1.807, 2.05) is 84.9 Å². The van der Waals surface area contributed by atoms with Gasteiger partial charge in [0.2, 0.25) is 41.4 Å². The van der Waals surface area contributed by atoms with Crippen molar-refractivity contribution in [3.63, 3.8) is 0 Å². The van der Waals surface area contributed by atoms with Gasteiger partial charge in [0.05, 0.1) is 31.2 Å². The first-order chi connectivity index (χ1) is 42.7. The first-order valence-electron chi connectivity index (χ1n) is 32.0. The van der Waals surface area contributed by atoms with Crippen molar-refractivity contribution in [3.05, 3.63) is 130 Å². The van der Waals surface area contributed by atoms with E-state index >= 15 is 0 Å². The predicted octanol–water partition coefficient (Wildman–Crippen LogP) is 6.18. The number of ketones is 1. The average molecular weight is 1230 g/mol. The molecule has 20 nitrogen and oxygen atoms in total. The van der Waals surface area contributed by atoms with Gasteiger partial charge < -0.3 is 52.3 Å². The van der Waals surface area contributed by atoms with Gasteiger partial charge in [0.15, 0.2) is 0 Å². The number of amides is 9. The number of Topliss-reactive ketones (excluding diaryl/α,β-unsaturated/α-hetero) is 1. The maximum absolute atomic E-state index is 14.6. The number of hydrogen-bond donors (Lipinski definition) is 8. The van der Waals surface area contributed by atoms with E-state index in [1.54, 1.807) is 69.4 Å². The fourth-order valence-corrected chi connectivity index (χ4v) is 12.7. The summed E-state index contributed by atoms with van der Waals surface area (Å²) in [5.74, 6) is -4.91. The highest BCUT2D eigenvalue weighted by Crippen LogP contribution is 2.36. The van der Waals surface area contributed by atoms with Crippen LogP contribution in [0.5, 0.6) is 0 Å². The van der Waals surface area contributed by atoms with Crippen molar-refractivity contribution >= 4 is 58.9 Å². The molecule has 8 rings (SSSR count). The summed E-state index contributed by atoms with van der Waals surface area (Å²) in [4.78, 5) is 141. The number of nitrogens with one attached hydrogen (secondary N) is 8. The fraction of sp³-hybridized carbons (Fsp3) is 0.514. The van der Waals surface area contributed by atoms with Crippen molar-refractivity contribution in [1.29, 1.82) is 0 Å². The predicted molar refractivity (Wildman–Crippen MR) is 343 cm³/mol. The molecular weight excluding hydrogens is 1140 g/mol. The molecule has 90 heavy (non-hydrogen) atoms. The largest absolute Gasteiger partial charge is 0.350 e. The molecule has 0 bridgehead atoms. The molecule has 8 N–H and O–H groups in total. The molecule has 0 radical (unpaired) electrons. The van der Waals surface area contributed by atoms with Crippen LogP contribution in [-0.2, 0) is 51.2 Å². The summed E-state index contributed by atoms with van der Waals surface area (Å²) in [6, 6.07) is 24.4. The SMILES string of the molecule is CC[C@@H](C)C(=O)N[C@H](C(=O)N1C[C@@H](NC(=O)CNC(=O)c2ccc(-c3ccc(C(=O)NCC(=O)N[C@H]4C[C@@H](C(=O)N[C@@H]5CCCc6ccccc65)N(C(=O)[C@@H](CC(=O)[C@H](C)NC)C(C)(C)C)C4)cc3)cc2)C[C@H]1C(=O)N[C@@H]1CCCc2ccccc21)C(C)(C)C. The third-order valence-electron chi connectivity index (χ3n) is 18.4. The van der Waals surface area contributed by atoms with Gasteiger partial charge in [-0.15, -0.1) is 0 Å². The van der Waals surface area contributed by atoms with E-state index in [2.05, 4.69) is 54.7 Å². The lowest BCUT2D eigenvalue weighted by atomic mass is 9.76. The Morgan fingerprint density at radius 3 is 1.40 bits per heavy atom. The van der Waals surface area contributed by atoms with E-state index < -0.39 is 82.5 Å². The van der Waals surface area contributed by atoms with Gasteiger partial charge in [0, 0.05) is 54.6 Å². The van der Waals surface area contributed by atoms with Gasteiger partial charge in [-0.05, 0) is 140 Å².